The van der Waals surface area contributed by atoms with E-state index in [1.54, 1.807) is 18.2 Å². The first-order chi connectivity index (χ1) is 9.67. The molecule has 1 fully saturated rings. The van der Waals surface area contributed by atoms with Gasteiger partial charge in [0.05, 0.1) is 11.5 Å². The molecule has 1 heterocycles. The van der Waals surface area contributed by atoms with Crippen LogP contribution in [0.1, 0.15) is 19.8 Å². The molecule has 0 radical (unpaired) electrons. The van der Waals surface area contributed by atoms with Gasteiger partial charge in [-0.05, 0) is 37.8 Å². The largest absolute Gasteiger partial charge is 0.487 e. The third-order valence-corrected chi connectivity index (χ3v) is 3.67. The van der Waals surface area contributed by atoms with Gasteiger partial charge in [0.2, 0.25) is 0 Å². The van der Waals surface area contributed by atoms with Crippen molar-refractivity contribution in [1.29, 1.82) is 0 Å². The van der Waals surface area contributed by atoms with Crippen LogP contribution in [0, 0.1) is 16.0 Å². The monoisotopic (exact) mass is 280 g/mol. The number of nitro groups is 1. The van der Waals surface area contributed by atoms with Gasteiger partial charge < -0.3 is 14.7 Å². The van der Waals surface area contributed by atoms with Crippen molar-refractivity contribution in [2.24, 2.45) is 5.92 Å². The molecule has 20 heavy (non-hydrogen) atoms. The minimum atomic E-state index is -0.377. The SMILES string of the molecule is CCOc1cccc(N2CCC(CO)CC2)c1[N+](=O)[O-]. The second-order valence-corrected chi connectivity index (χ2v) is 4.93. The number of benzene rings is 1. The Morgan fingerprint density at radius 3 is 2.70 bits per heavy atom. The van der Waals surface area contributed by atoms with E-state index in [1.165, 1.54) is 0 Å². The Labute approximate surface area is 118 Å². The molecule has 6 nitrogen and oxygen atoms in total. The van der Waals surface area contributed by atoms with Gasteiger partial charge in [-0.3, -0.25) is 10.1 Å². The van der Waals surface area contributed by atoms with Crippen molar-refractivity contribution in [3.05, 3.63) is 28.3 Å². The predicted octanol–water partition coefficient (Wildman–Crippen LogP) is 2.20. The summed E-state index contributed by atoms with van der Waals surface area (Å²) in [4.78, 5) is 13.0. The molecule has 0 saturated carbocycles. The Bertz CT molecular complexity index is 470. The number of anilines is 1. The summed E-state index contributed by atoms with van der Waals surface area (Å²) in [5, 5.41) is 20.5. The van der Waals surface area contributed by atoms with E-state index >= 15 is 0 Å². The number of aliphatic hydroxyl groups excluding tert-OH is 1. The lowest BCUT2D eigenvalue weighted by Gasteiger charge is -2.32. The van der Waals surface area contributed by atoms with E-state index in [9.17, 15) is 10.1 Å². The van der Waals surface area contributed by atoms with Crippen molar-refractivity contribution in [2.75, 3.05) is 31.2 Å². The second-order valence-electron chi connectivity index (χ2n) is 4.93. The van der Waals surface area contributed by atoms with Crippen LogP contribution in [0.25, 0.3) is 0 Å². The van der Waals surface area contributed by atoms with E-state index in [0.29, 0.717) is 24.0 Å². The number of hydrogen-bond donors (Lipinski definition) is 1. The summed E-state index contributed by atoms with van der Waals surface area (Å²) in [6, 6.07) is 5.18. The Hall–Kier alpha value is -1.82. The smallest absolute Gasteiger partial charge is 0.333 e. The molecule has 0 atom stereocenters. The Morgan fingerprint density at radius 2 is 2.15 bits per heavy atom. The normalized spacial score (nSPS) is 16.2. The average molecular weight is 280 g/mol. The molecule has 0 bridgehead atoms. The molecule has 0 aliphatic carbocycles. The maximum atomic E-state index is 11.3. The number of para-hydroxylation sites is 1. The molecular weight excluding hydrogens is 260 g/mol. The number of nitro benzene ring substituents is 1. The molecular formula is C14H20N2O4. The van der Waals surface area contributed by atoms with Crippen molar-refractivity contribution in [2.45, 2.75) is 19.8 Å². The maximum absolute atomic E-state index is 11.3. The first kappa shape index (κ1) is 14.6. The van der Waals surface area contributed by atoms with Crippen LogP contribution < -0.4 is 9.64 Å². The molecule has 1 aliphatic heterocycles. The number of hydrogen-bond acceptors (Lipinski definition) is 5. The van der Waals surface area contributed by atoms with Gasteiger partial charge in [0.25, 0.3) is 0 Å². The fraction of sp³-hybridized carbons (Fsp3) is 0.571. The zero-order valence-corrected chi connectivity index (χ0v) is 11.6. The number of piperidine rings is 1. The number of ether oxygens (including phenoxy) is 1. The molecule has 2 rings (SSSR count). The zero-order valence-electron chi connectivity index (χ0n) is 11.6. The molecule has 1 aromatic carbocycles. The van der Waals surface area contributed by atoms with Crippen LogP contribution in [0.2, 0.25) is 0 Å². The third kappa shape index (κ3) is 3.01. The third-order valence-electron chi connectivity index (χ3n) is 3.67. The Morgan fingerprint density at radius 1 is 1.45 bits per heavy atom. The number of rotatable bonds is 5. The fourth-order valence-electron chi connectivity index (χ4n) is 2.58. The molecule has 0 amide bonds. The summed E-state index contributed by atoms with van der Waals surface area (Å²) in [5.74, 6) is 0.625. The molecule has 0 unspecified atom stereocenters. The number of aliphatic hydroxyl groups is 1. The van der Waals surface area contributed by atoms with Crippen LogP contribution in [0.5, 0.6) is 5.75 Å². The van der Waals surface area contributed by atoms with E-state index in [0.717, 1.165) is 25.9 Å². The maximum Gasteiger partial charge on any atom is 0.333 e. The standard InChI is InChI=1S/C14H20N2O4/c1-2-20-13-5-3-4-12(14(13)16(18)19)15-8-6-11(10-17)7-9-15/h3-5,11,17H,2,6-10H2,1H3. The molecule has 1 aromatic rings. The summed E-state index contributed by atoms with van der Waals surface area (Å²) >= 11 is 0. The van der Waals surface area contributed by atoms with Crippen LogP contribution >= 0.6 is 0 Å². The van der Waals surface area contributed by atoms with E-state index < -0.39 is 0 Å². The van der Waals surface area contributed by atoms with Crippen molar-refractivity contribution in [3.8, 4) is 5.75 Å². The van der Waals surface area contributed by atoms with Gasteiger partial charge in [0, 0.05) is 19.7 Å². The summed E-state index contributed by atoms with van der Waals surface area (Å²) < 4.78 is 5.36. The fourth-order valence-corrected chi connectivity index (χ4v) is 2.58. The highest BCUT2D eigenvalue weighted by atomic mass is 16.6. The van der Waals surface area contributed by atoms with Gasteiger partial charge in [0.15, 0.2) is 5.75 Å². The van der Waals surface area contributed by atoms with Crippen molar-refractivity contribution in [3.63, 3.8) is 0 Å². The molecule has 1 aliphatic rings. The highest BCUT2D eigenvalue weighted by Crippen LogP contribution is 2.38. The van der Waals surface area contributed by atoms with E-state index in [1.807, 2.05) is 11.8 Å². The van der Waals surface area contributed by atoms with Crippen LogP contribution in [-0.4, -0.2) is 36.3 Å². The van der Waals surface area contributed by atoms with Gasteiger partial charge in [-0.1, -0.05) is 6.07 Å². The van der Waals surface area contributed by atoms with E-state index in [4.69, 9.17) is 9.84 Å². The molecule has 1 N–H and O–H groups in total. The molecule has 0 aromatic heterocycles. The highest BCUT2D eigenvalue weighted by Gasteiger charge is 2.27. The van der Waals surface area contributed by atoms with Gasteiger partial charge in [0.1, 0.15) is 5.69 Å². The first-order valence-corrected chi connectivity index (χ1v) is 6.93. The zero-order chi connectivity index (χ0) is 14.5. The highest BCUT2D eigenvalue weighted by molar-refractivity contribution is 5.70. The van der Waals surface area contributed by atoms with Crippen molar-refractivity contribution in [1.82, 2.24) is 0 Å². The topological polar surface area (TPSA) is 75.8 Å². The van der Waals surface area contributed by atoms with Crippen LogP contribution in [0.15, 0.2) is 18.2 Å². The van der Waals surface area contributed by atoms with Gasteiger partial charge >= 0.3 is 5.69 Å². The lowest BCUT2D eigenvalue weighted by Crippen LogP contribution is -2.35. The quantitative estimate of drug-likeness (QED) is 0.661. The molecule has 0 spiro atoms. The van der Waals surface area contributed by atoms with E-state index in [-0.39, 0.29) is 17.2 Å². The van der Waals surface area contributed by atoms with E-state index in [2.05, 4.69) is 0 Å². The van der Waals surface area contributed by atoms with Crippen molar-refractivity contribution >= 4 is 11.4 Å². The van der Waals surface area contributed by atoms with Crippen LogP contribution in [0.3, 0.4) is 0 Å². The van der Waals surface area contributed by atoms with Crippen LogP contribution in [-0.2, 0) is 0 Å². The Kier molecular flexibility index (Phi) is 4.79. The Balaban J connectivity index is 2.27. The first-order valence-electron chi connectivity index (χ1n) is 6.93. The summed E-state index contributed by atoms with van der Waals surface area (Å²) in [6.45, 7) is 3.85. The molecule has 110 valence electrons. The van der Waals surface area contributed by atoms with Crippen molar-refractivity contribution < 1.29 is 14.8 Å². The summed E-state index contributed by atoms with van der Waals surface area (Å²) in [7, 11) is 0. The minimum Gasteiger partial charge on any atom is -0.487 e. The molecule has 1 saturated heterocycles. The second kappa shape index (κ2) is 6.56. The van der Waals surface area contributed by atoms with Gasteiger partial charge in [-0.2, -0.15) is 0 Å². The molecule has 6 heteroatoms. The van der Waals surface area contributed by atoms with Gasteiger partial charge in [-0.15, -0.1) is 0 Å². The summed E-state index contributed by atoms with van der Waals surface area (Å²) in [5.41, 5.74) is 0.647. The summed E-state index contributed by atoms with van der Waals surface area (Å²) in [6.07, 6.45) is 1.71. The predicted molar refractivity (Wildman–Crippen MR) is 76.3 cm³/mol. The lowest BCUT2D eigenvalue weighted by atomic mass is 9.97. The lowest BCUT2D eigenvalue weighted by molar-refractivity contribution is -0.385. The average Bonchev–Trinajstić information content (AvgIpc) is 2.47. The van der Waals surface area contributed by atoms with Crippen LogP contribution in [0.4, 0.5) is 11.4 Å². The minimum absolute atomic E-state index is 0.0387. The van der Waals surface area contributed by atoms with Gasteiger partial charge in [-0.25, -0.2) is 0 Å². The number of nitrogens with zero attached hydrogens (tertiary/aromatic N) is 2.